The maximum absolute atomic E-state index is 5.56. The van der Waals surface area contributed by atoms with E-state index < -0.39 is 0 Å². The first kappa shape index (κ1) is 10.2. The zero-order valence-electron chi connectivity index (χ0n) is 8.90. The maximum Gasteiger partial charge on any atom is 0.213 e. The second-order valence-corrected chi connectivity index (χ2v) is 3.52. The van der Waals surface area contributed by atoms with Gasteiger partial charge in [-0.1, -0.05) is 0 Å². The number of rotatable bonds is 5. The second-order valence-electron chi connectivity index (χ2n) is 3.52. The predicted octanol–water partition coefficient (Wildman–Crippen LogP) is 1.22. The molecule has 1 aromatic heterocycles. The number of ether oxygens (including phenoxy) is 2. The molecule has 4 nitrogen and oxygen atoms in total. The van der Waals surface area contributed by atoms with Gasteiger partial charge >= 0.3 is 0 Å². The topological polar surface area (TPSA) is 43.4 Å². The molecule has 0 bridgehead atoms. The van der Waals surface area contributed by atoms with Gasteiger partial charge in [-0.2, -0.15) is 0 Å². The van der Waals surface area contributed by atoms with Gasteiger partial charge in [0, 0.05) is 12.1 Å². The predicted molar refractivity (Wildman–Crippen MR) is 57.3 cm³/mol. The average molecular weight is 208 g/mol. The van der Waals surface area contributed by atoms with Gasteiger partial charge in [-0.25, -0.2) is 4.98 Å². The molecule has 0 aliphatic carbocycles. The molecule has 4 heteroatoms. The third-order valence-corrected chi connectivity index (χ3v) is 2.38. The third kappa shape index (κ3) is 2.83. The van der Waals surface area contributed by atoms with Crippen molar-refractivity contribution in [1.82, 2.24) is 10.3 Å². The highest BCUT2D eigenvalue weighted by Gasteiger charge is 2.16. The lowest BCUT2D eigenvalue weighted by molar-refractivity contribution is 0.216. The minimum absolute atomic E-state index is 0.511. The summed E-state index contributed by atoms with van der Waals surface area (Å²) in [5.74, 6) is 1.44. The Kier molecular flexibility index (Phi) is 3.40. The lowest BCUT2D eigenvalue weighted by Crippen LogP contribution is -2.46. The summed E-state index contributed by atoms with van der Waals surface area (Å²) in [6.07, 6.45) is 2.90. The third-order valence-electron chi connectivity index (χ3n) is 2.38. The van der Waals surface area contributed by atoms with Gasteiger partial charge < -0.3 is 14.8 Å². The first-order valence-electron chi connectivity index (χ1n) is 5.33. The van der Waals surface area contributed by atoms with Crippen LogP contribution in [0.5, 0.6) is 11.6 Å². The van der Waals surface area contributed by atoms with E-state index in [0.29, 0.717) is 18.5 Å². The van der Waals surface area contributed by atoms with E-state index >= 15 is 0 Å². The molecule has 1 aliphatic heterocycles. The Labute approximate surface area is 89.6 Å². The Balaban J connectivity index is 1.80. The Morgan fingerprint density at radius 3 is 2.87 bits per heavy atom. The van der Waals surface area contributed by atoms with Crippen LogP contribution in [0.2, 0.25) is 0 Å². The fourth-order valence-corrected chi connectivity index (χ4v) is 1.37. The van der Waals surface area contributed by atoms with Crippen LogP contribution in [-0.4, -0.2) is 30.8 Å². The Hall–Kier alpha value is -1.29. The van der Waals surface area contributed by atoms with Crippen molar-refractivity contribution in [1.29, 1.82) is 0 Å². The summed E-state index contributed by atoms with van der Waals surface area (Å²) in [4.78, 5) is 4.12. The molecule has 2 heterocycles. The smallest absolute Gasteiger partial charge is 0.213 e. The number of nitrogens with one attached hydrogen (secondary N) is 1. The molecule has 1 aromatic rings. The fourth-order valence-electron chi connectivity index (χ4n) is 1.37. The van der Waals surface area contributed by atoms with Crippen LogP contribution in [0, 0.1) is 0 Å². The summed E-state index contributed by atoms with van der Waals surface area (Å²) >= 11 is 0. The molecular weight excluding hydrogens is 192 g/mol. The Bertz CT molecular complexity index is 296. The van der Waals surface area contributed by atoms with E-state index in [1.54, 1.807) is 6.20 Å². The molecule has 0 amide bonds. The largest absolute Gasteiger partial charge is 0.490 e. The summed E-state index contributed by atoms with van der Waals surface area (Å²) in [5, 5.41) is 3.28. The molecule has 0 spiro atoms. The van der Waals surface area contributed by atoms with Crippen molar-refractivity contribution in [2.45, 2.75) is 19.4 Å². The summed E-state index contributed by atoms with van der Waals surface area (Å²) in [6, 6.07) is 4.22. The maximum atomic E-state index is 5.56. The first-order chi connectivity index (χ1) is 7.38. The molecule has 1 saturated heterocycles. The molecule has 2 rings (SSSR count). The van der Waals surface area contributed by atoms with Gasteiger partial charge in [-0.3, -0.25) is 0 Å². The normalized spacial score (nSPS) is 19.4. The Morgan fingerprint density at radius 2 is 2.33 bits per heavy atom. The van der Waals surface area contributed by atoms with E-state index in [4.69, 9.17) is 9.47 Å². The molecule has 0 radical (unpaired) electrons. The molecule has 15 heavy (non-hydrogen) atoms. The van der Waals surface area contributed by atoms with Gasteiger partial charge in [0.1, 0.15) is 12.4 Å². The van der Waals surface area contributed by atoms with Gasteiger partial charge in [0.25, 0.3) is 0 Å². The van der Waals surface area contributed by atoms with Gasteiger partial charge in [0.2, 0.25) is 5.88 Å². The molecule has 1 aliphatic rings. The van der Waals surface area contributed by atoms with Crippen molar-refractivity contribution in [3.8, 4) is 11.6 Å². The van der Waals surface area contributed by atoms with Crippen LogP contribution in [0.25, 0.3) is 0 Å². The summed E-state index contributed by atoms with van der Waals surface area (Å²) in [5.41, 5.74) is 0. The monoisotopic (exact) mass is 208 g/mol. The van der Waals surface area contributed by atoms with Crippen LogP contribution in [0.1, 0.15) is 13.3 Å². The second kappa shape index (κ2) is 4.98. The lowest BCUT2D eigenvalue weighted by atomic mass is 10.1. The first-order valence-corrected chi connectivity index (χ1v) is 5.33. The highest BCUT2D eigenvalue weighted by molar-refractivity contribution is 5.22. The lowest BCUT2D eigenvalue weighted by Gasteiger charge is -2.27. The van der Waals surface area contributed by atoms with Crippen LogP contribution in [0.3, 0.4) is 0 Å². The quantitative estimate of drug-likeness (QED) is 0.790. The summed E-state index contributed by atoms with van der Waals surface area (Å²) in [6.45, 7) is 4.40. The molecule has 1 N–H and O–H groups in total. The molecule has 1 fully saturated rings. The summed E-state index contributed by atoms with van der Waals surface area (Å²) < 4.78 is 10.8. The van der Waals surface area contributed by atoms with E-state index in [1.807, 2.05) is 19.1 Å². The van der Waals surface area contributed by atoms with E-state index in [-0.39, 0.29) is 0 Å². The zero-order valence-corrected chi connectivity index (χ0v) is 8.90. The molecule has 0 unspecified atom stereocenters. The van der Waals surface area contributed by atoms with E-state index in [0.717, 1.165) is 18.9 Å². The van der Waals surface area contributed by atoms with E-state index in [9.17, 15) is 0 Å². The van der Waals surface area contributed by atoms with Crippen molar-refractivity contribution in [3.05, 3.63) is 18.3 Å². The number of aromatic nitrogens is 1. The molecule has 0 aromatic carbocycles. The van der Waals surface area contributed by atoms with Crippen molar-refractivity contribution in [2.75, 3.05) is 19.8 Å². The van der Waals surface area contributed by atoms with Gasteiger partial charge in [-0.05, 0) is 26.0 Å². The fraction of sp³-hybridized carbons (Fsp3) is 0.545. The van der Waals surface area contributed by atoms with E-state index in [2.05, 4.69) is 10.3 Å². The van der Waals surface area contributed by atoms with Crippen LogP contribution < -0.4 is 14.8 Å². The zero-order chi connectivity index (χ0) is 10.5. The van der Waals surface area contributed by atoms with Crippen LogP contribution in [0.15, 0.2) is 18.3 Å². The van der Waals surface area contributed by atoms with Gasteiger partial charge in [0.15, 0.2) is 0 Å². The Morgan fingerprint density at radius 1 is 1.47 bits per heavy atom. The average Bonchev–Trinajstić information content (AvgIpc) is 2.19. The molecule has 0 saturated carbocycles. The minimum atomic E-state index is 0.511. The molecular formula is C11H16N2O2. The number of hydrogen-bond acceptors (Lipinski definition) is 4. The van der Waals surface area contributed by atoms with Gasteiger partial charge in [-0.15, -0.1) is 0 Å². The van der Waals surface area contributed by atoms with Crippen LogP contribution >= 0.6 is 0 Å². The van der Waals surface area contributed by atoms with Crippen LogP contribution in [0.4, 0.5) is 0 Å². The standard InChI is InChI=1S/C11H16N2O2/c1-2-14-11-4-3-10(7-13-11)15-8-9-5-6-12-9/h3-4,7,9,12H,2,5-6,8H2,1H3/t9-/m0/s1. The molecule has 82 valence electrons. The van der Waals surface area contributed by atoms with Crippen molar-refractivity contribution < 1.29 is 9.47 Å². The SMILES string of the molecule is CCOc1ccc(OC[C@@H]2CCN2)cn1. The highest BCUT2D eigenvalue weighted by atomic mass is 16.5. The number of nitrogens with zero attached hydrogens (tertiary/aromatic N) is 1. The number of hydrogen-bond donors (Lipinski definition) is 1. The van der Waals surface area contributed by atoms with Gasteiger partial charge in [0.05, 0.1) is 12.8 Å². The highest BCUT2D eigenvalue weighted by Crippen LogP contribution is 2.14. The van der Waals surface area contributed by atoms with Crippen molar-refractivity contribution in [2.24, 2.45) is 0 Å². The summed E-state index contributed by atoms with van der Waals surface area (Å²) in [7, 11) is 0. The van der Waals surface area contributed by atoms with Crippen molar-refractivity contribution in [3.63, 3.8) is 0 Å². The minimum Gasteiger partial charge on any atom is -0.490 e. The molecule has 1 atom stereocenters. The van der Waals surface area contributed by atoms with E-state index in [1.165, 1.54) is 6.42 Å². The van der Waals surface area contributed by atoms with Crippen LogP contribution in [-0.2, 0) is 0 Å². The number of pyridine rings is 1. The van der Waals surface area contributed by atoms with Crippen molar-refractivity contribution >= 4 is 0 Å².